The van der Waals surface area contributed by atoms with Crippen molar-refractivity contribution in [1.82, 2.24) is 4.90 Å². The van der Waals surface area contributed by atoms with E-state index in [2.05, 4.69) is 0 Å². The SMILES string of the molecule is O=C(O)C1CC(Cc2ccccc2)(C(=O)O)N(C(=O)c2ccc(Cl)c(Cl)c2)C1c1cc(Cl)cc(Cl)c1Cl. The molecule has 0 aromatic heterocycles. The van der Waals surface area contributed by atoms with Crippen LogP contribution < -0.4 is 0 Å². The van der Waals surface area contributed by atoms with Crippen LogP contribution in [-0.4, -0.2) is 38.5 Å². The fraction of sp³-hybridized carbons (Fsp3) is 0.192. The van der Waals surface area contributed by atoms with Crippen molar-refractivity contribution in [2.45, 2.75) is 24.4 Å². The molecule has 1 fully saturated rings. The average molecular weight is 602 g/mol. The summed E-state index contributed by atoms with van der Waals surface area (Å²) in [6.45, 7) is 0. The van der Waals surface area contributed by atoms with Crippen LogP contribution in [-0.2, 0) is 16.0 Å². The molecule has 1 heterocycles. The Bertz CT molecular complexity index is 1400. The van der Waals surface area contributed by atoms with Crippen molar-refractivity contribution >= 4 is 75.9 Å². The van der Waals surface area contributed by atoms with Crippen molar-refractivity contribution in [2.75, 3.05) is 0 Å². The van der Waals surface area contributed by atoms with Gasteiger partial charge in [-0.05, 0) is 47.9 Å². The summed E-state index contributed by atoms with van der Waals surface area (Å²) >= 11 is 31.2. The number of carbonyl (C=O) groups excluding carboxylic acids is 1. The number of carboxylic acid groups (broad SMARTS) is 2. The fourth-order valence-electron chi connectivity index (χ4n) is 4.84. The van der Waals surface area contributed by atoms with Gasteiger partial charge in [-0.15, -0.1) is 0 Å². The molecule has 0 saturated carbocycles. The van der Waals surface area contributed by atoms with Gasteiger partial charge >= 0.3 is 11.9 Å². The summed E-state index contributed by atoms with van der Waals surface area (Å²) in [6.07, 6.45) is -0.562. The third-order valence-corrected chi connectivity index (χ3v) is 8.23. The van der Waals surface area contributed by atoms with E-state index < -0.39 is 41.8 Å². The van der Waals surface area contributed by atoms with Crippen molar-refractivity contribution in [3.63, 3.8) is 0 Å². The first kappa shape index (κ1) is 27.6. The summed E-state index contributed by atoms with van der Waals surface area (Å²) in [5, 5.41) is 21.3. The van der Waals surface area contributed by atoms with Gasteiger partial charge in [-0.2, -0.15) is 0 Å². The minimum atomic E-state index is -1.96. The van der Waals surface area contributed by atoms with Gasteiger partial charge in [0.1, 0.15) is 5.54 Å². The van der Waals surface area contributed by atoms with Gasteiger partial charge < -0.3 is 15.1 Å². The van der Waals surface area contributed by atoms with Gasteiger partial charge in [-0.3, -0.25) is 9.59 Å². The van der Waals surface area contributed by atoms with E-state index in [0.717, 1.165) is 4.90 Å². The highest BCUT2D eigenvalue weighted by Gasteiger charge is 2.61. The summed E-state index contributed by atoms with van der Waals surface area (Å²) < 4.78 is 0. The molecule has 1 saturated heterocycles. The summed E-state index contributed by atoms with van der Waals surface area (Å²) in [5.74, 6) is -4.79. The molecule has 1 aliphatic rings. The van der Waals surface area contributed by atoms with Crippen molar-refractivity contribution in [3.05, 3.63) is 102 Å². The summed E-state index contributed by atoms with van der Waals surface area (Å²) in [6, 6.07) is 14.2. The van der Waals surface area contributed by atoms with E-state index in [0.29, 0.717) is 5.56 Å². The molecule has 1 aliphatic heterocycles. The molecule has 0 radical (unpaired) electrons. The van der Waals surface area contributed by atoms with Crippen LogP contribution in [0.5, 0.6) is 0 Å². The van der Waals surface area contributed by atoms with E-state index in [1.807, 2.05) is 0 Å². The predicted octanol–water partition coefficient (Wildman–Crippen LogP) is 7.31. The number of aliphatic carboxylic acids is 2. The Morgan fingerprint density at radius 3 is 2.14 bits per heavy atom. The monoisotopic (exact) mass is 599 g/mol. The third kappa shape index (κ3) is 5.14. The molecule has 3 unspecified atom stereocenters. The number of amides is 1. The normalized spacial score (nSPS) is 21.2. The summed E-state index contributed by atoms with van der Waals surface area (Å²) in [5.41, 5.74) is -1.22. The lowest BCUT2D eigenvalue weighted by Gasteiger charge is -2.39. The van der Waals surface area contributed by atoms with Crippen molar-refractivity contribution < 1.29 is 24.6 Å². The number of benzene rings is 3. The highest BCUT2D eigenvalue weighted by Crippen LogP contribution is 2.52. The van der Waals surface area contributed by atoms with Crippen LogP contribution in [0.4, 0.5) is 0 Å². The van der Waals surface area contributed by atoms with Gasteiger partial charge in [-0.25, -0.2) is 4.79 Å². The van der Waals surface area contributed by atoms with Crippen LogP contribution in [0, 0.1) is 5.92 Å². The number of hydrogen-bond acceptors (Lipinski definition) is 3. The minimum Gasteiger partial charge on any atom is -0.481 e. The zero-order valence-electron chi connectivity index (χ0n) is 18.8. The van der Waals surface area contributed by atoms with Gasteiger partial charge in [0.15, 0.2) is 0 Å². The Kier molecular flexibility index (Phi) is 7.98. The fourth-order valence-corrected chi connectivity index (χ4v) is 5.86. The number of rotatable bonds is 6. The van der Waals surface area contributed by atoms with E-state index in [-0.39, 0.29) is 42.7 Å². The summed E-state index contributed by atoms with van der Waals surface area (Å²) in [4.78, 5) is 40.8. The van der Waals surface area contributed by atoms with E-state index in [4.69, 9.17) is 58.0 Å². The quantitative estimate of drug-likeness (QED) is 0.289. The molecule has 0 aliphatic carbocycles. The molecule has 3 aromatic rings. The topological polar surface area (TPSA) is 94.9 Å². The van der Waals surface area contributed by atoms with Gasteiger partial charge in [0.25, 0.3) is 5.91 Å². The second kappa shape index (κ2) is 10.7. The predicted molar refractivity (Wildman–Crippen MR) is 143 cm³/mol. The van der Waals surface area contributed by atoms with Gasteiger partial charge in [0.2, 0.25) is 0 Å². The van der Waals surface area contributed by atoms with E-state index in [9.17, 15) is 24.6 Å². The first-order chi connectivity index (χ1) is 17.5. The van der Waals surface area contributed by atoms with E-state index in [1.54, 1.807) is 30.3 Å². The Hall–Kier alpha value is -2.48. The molecule has 3 atom stereocenters. The number of nitrogens with zero attached hydrogens (tertiary/aromatic N) is 1. The van der Waals surface area contributed by atoms with Crippen molar-refractivity contribution in [1.29, 1.82) is 0 Å². The number of carboxylic acids is 2. The second-order valence-corrected chi connectivity index (χ2v) is 10.7. The maximum absolute atomic E-state index is 14.1. The van der Waals surface area contributed by atoms with Crippen LogP contribution in [0.1, 0.15) is 33.9 Å². The van der Waals surface area contributed by atoms with Crippen LogP contribution in [0.25, 0.3) is 0 Å². The molecule has 37 heavy (non-hydrogen) atoms. The number of carbonyl (C=O) groups is 3. The van der Waals surface area contributed by atoms with Gasteiger partial charge in [0, 0.05) is 17.0 Å². The van der Waals surface area contributed by atoms with E-state index in [1.165, 1.54) is 30.3 Å². The van der Waals surface area contributed by atoms with Crippen LogP contribution in [0.2, 0.25) is 25.1 Å². The van der Waals surface area contributed by atoms with E-state index >= 15 is 0 Å². The lowest BCUT2D eigenvalue weighted by molar-refractivity contribution is -0.149. The molecule has 11 heteroatoms. The summed E-state index contributed by atoms with van der Waals surface area (Å²) in [7, 11) is 0. The average Bonchev–Trinajstić information content (AvgIpc) is 3.19. The molecule has 192 valence electrons. The Morgan fingerprint density at radius 2 is 1.54 bits per heavy atom. The van der Waals surface area contributed by atoms with Gasteiger partial charge in [-0.1, -0.05) is 88.3 Å². The molecule has 0 spiro atoms. The molecule has 6 nitrogen and oxygen atoms in total. The Morgan fingerprint density at radius 1 is 0.865 bits per heavy atom. The Labute approximate surface area is 237 Å². The number of likely N-dealkylation sites (tertiary alicyclic amines) is 1. The smallest absolute Gasteiger partial charge is 0.330 e. The van der Waals surface area contributed by atoms with Crippen LogP contribution >= 0.6 is 58.0 Å². The molecule has 3 aromatic carbocycles. The highest BCUT2D eigenvalue weighted by molar-refractivity contribution is 6.44. The van der Waals surface area contributed by atoms with Crippen LogP contribution in [0.15, 0.2) is 60.7 Å². The molecule has 2 N–H and O–H groups in total. The number of halogens is 5. The second-order valence-electron chi connectivity index (χ2n) is 8.69. The maximum atomic E-state index is 14.1. The van der Waals surface area contributed by atoms with Crippen molar-refractivity contribution in [2.24, 2.45) is 5.92 Å². The molecular formula is C26H18Cl5NO5. The zero-order valence-corrected chi connectivity index (χ0v) is 22.6. The first-order valence-electron chi connectivity index (χ1n) is 10.9. The van der Waals surface area contributed by atoms with Gasteiger partial charge in [0.05, 0.1) is 32.1 Å². The lowest BCUT2D eigenvalue weighted by Crippen LogP contribution is -2.55. The molecule has 1 amide bonds. The lowest BCUT2D eigenvalue weighted by atomic mass is 9.84. The Balaban J connectivity index is 2.01. The molecular weight excluding hydrogens is 584 g/mol. The third-order valence-electron chi connectivity index (χ3n) is 6.46. The molecule has 4 rings (SSSR count). The zero-order chi connectivity index (χ0) is 27.1. The first-order valence-corrected chi connectivity index (χ1v) is 12.8. The maximum Gasteiger partial charge on any atom is 0.330 e. The van der Waals surface area contributed by atoms with Crippen LogP contribution in [0.3, 0.4) is 0 Å². The highest BCUT2D eigenvalue weighted by atomic mass is 35.5. The largest absolute Gasteiger partial charge is 0.481 e. The molecule has 0 bridgehead atoms. The van der Waals surface area contributed by atoms with Crippen molar-refractivity contribution in [3.8, 4) is 0 Å². The number of hydrogen-bond donors (Lipinski definition) is 2. The standard InChI is InChI=1S/C26H18Cl5NO5/c27-15-9-16(21(31)20(30)10-15)22-17(24(34)35)12-26(25(36)37,11-13-4-2-1-3-5-13)32(22)23(33)14-6-7-18(28)19(29)8-14/h1-10,17,22H,11-12H2,(H,34,35)(H,36,37). The minimum absolute atomic E-state index is 0.0216.